The van der Waals surface area contributed by atoms with E-state index in [4.69, 9.17) is 9.84 Å². The van der Waals surface area contributed by atoms with Crippen molar-refractivity contribution < 1.29 is 14.6 Å². The molecule has 0 aliphatic heterocycles. The van der Waals surface area contributed by atoms with Gasteiger partial charge in [0.05, 0.1) is 6.61 Å². The third-order valence-electron chi connectivity index (χ3n) is 3.21. The molecule has 0 aromatic heterocycles. The molecule has 0 spiro atoms. The smallest absolute Gasteiger partial charge is 0.222 e. The van der Waals surface area contributed by atoms with E-state index in [9.17, 15) is 4.79 Å². The fourth-order valence-electron chi connectivity index (χ4n) is 1.64. The molecule has 0 aliphatic carbocycles. The molecule has 4 nitrogen and oxygen atoms in total. The van der Waals surface area contributed by atoms with Gasteiger partial charge in [0.2, 0.25) is 5.91 Å². The molecule has 0 heterocycles. The summed E-state index contributed by atoms with van der Waals surface area (Å²) >= 11 is 0. The maximum Gasteiger partial charge on any atom is 0.222 e. The maximum absolute atomic E-state index is 11.5. The van der Waals surface area contributed by atoms with Crippen LogP contribution < -0.4 is 5.32 Å². The van der Waals surface area contributed by atoms with E-state index in [-0.39, 0.29) is 24.3 Å². The molecule has 0 aromatic rings. The predicted molar refractivity (Wildman–Crippen MR) is 73.4 cm³/mol. The number of unbranched alkanes of at least 4 members (excludes halogenated alkanes) is 1. The van der Waals surface area contributed by atoms with Gasteiger partial charge in [-0.05, 0) is 26.2 Å². The lowest BCUT2D eigenvalue weighted by Crippen LogP contribution is -2.29. The molecule has 0 aliphatic rings. The highest BCUT2D eigenvalue weighted by molar-refractivity contribution is 5.78. The fraction of sp³-hybridized carbons (Fsp3) is 0.929. The minimum Gasteiger partial charge on any atom is -0.396 e. The Labute approximate surface area is 111 Å². The molecule has 0 radical (unpaired) electrons. The van der Waals surface area contributed by atoms with Gasteiger partial charge >= 0.3 is 0 Å². The van der Waals surface area contributed by atoms with Crippen LogP contribution in [0, 0.1) is 11.8 Å². The lowest BCUT2D eigenvalue weighted by atomic mass is 10.0. The number of aliphatic hydroxyl groups excluding tert-OH is 1. The second-order valence-electron chi connectivity index (χ2n) is 4.80. The summed E-state index contributed by atoms with van der Waals surface area (Å²) in [5, 5.41) is 12.1. The van der Waals surface area contributed by atoms with E-state index in [0.29, 0.717) is 13.2 Å². The third kappa shape index (κ3) is 8.48. The first-order valence-corrected chi connectivity index (χ1v) is 7.11. The summed E-state index contributed by atoms with van der Waals surface area (Å²) in [6.07, 6.45) is 3.81. The van der Waals surface area contributed by atoms with E-state index in [1.807, 2.05) is 20.8 Å². The first-order valence-electron chi connectivity index (χ1n) is 7.11. The Kier molecular flexibility index (Phi) is 11.1. The summed E-state index contributed by atoms with van der Waals surface area (Å²) < 4.78 is 5.30. The van der Waals surface area contributed by atoms with Crippen molar-refractivity contribution in [2.24, 2.45) is 11.8 Å². The normalized spacial score (nSPS) is 14.2. The number of hydrogen-bond donors (Lipinski definition) is 2. The average Bonchev–Trinajstić information content (AvgIpc) is 2.40. The van der Waals surface area contributed by atoms with E-state index in [0.717, 1.165) is 32.2 Å². The van der Waals surface area contributed by atoms with Crippen LogP contribution in [0.25, 0.3) is 0 Å². The molecule has 2 N–H and O–H groups in total. The Bertz CT molecular complexity index is 209. The molecule has 0 bridgehead atoms. The minimum absolute atomic E-state index is 0.105. The highest BCUT2D eigenvalue weighted by Gasteiger charge is 2.10. The van der Waals surface area contributed by atoms with Crippen LogP contribution in [0.15, 0.2) is 0 Å². The number of carbonyl (C=O) groups is 1. The van der Waals surface area contributed by atoms with Crippen LogP contribution in [0.1, 0.15) is 46.5 Å². The van der Waals surface area contributed by atoms with Crippen molar-refractivity contribution in [2.75, 3.05) is 26.4 Å². The van der Waals surface area contributed by atoms with Crippen LogP contribution in [0.5, 0.6) is 0 Å². The van der Waals surface area contributed by atoms with Crippen molar-refractivity contribution in [3.8, 4) is 0 Å². The van der Waals surface area contributed by atoms with Gasteiger partial charge in [0.25, 0.3) is 0 Å². The Morgan fingerprint density at radius 3 is 2.61 bits per heavy atom. The molecule has 0 aromatic carbocycles. The van der Waals surface area contributed by atoms with Crippen molar-refractivity contribution in [1.29, 1.82) is 0 Å². The number of amides is 1. The monoisotopic (exact) mass is 259 g/mol. The molecule has 18 heavy (non-hydrogen) atoms. The molecule has 0 rings (SSSR count). The van der Waals surface area contributed by atoms with Gasteiger partial charge in [0, 0.05) is 31.6 Å². The topological polar surface area (TPSA) is 58.6 Å². The van der Waals surface area contributed by atoms with Crippen molar-refractivity contribution in [1.82, 2.24) is 5.32 Å². The van der Waals surface area contributed by atoms with Crippen LogP contribution in [0.3, 0.4) is 0 Å². The van der Waals surface area contributed by atoms with Gasteiger partial charge in [0.15, 0.2) is 0 Å². The van der Waals surface area contributed by atoms with Gasteiger partial charge in [-0.1, -0.05) is 20.3 Å². The third-order valence-corrected chi connectivity index (χ3v) is 3.21. The van der Waals surface area contributed by atoms with Crippen molar-refractivity contribution in [3.63, 3.8) is 0 Å². The zero-order chi connectivity index (χ0) is 13.8. The van der Waals surface area contributed by atoms with E-state index < -0.39 is 0 Å². The number of carbonyl (C=O) groups excluding carboxylic acids is 1. The van der Waals surface area contributed by atoms with Crippen LogP contribution in [-0.2, 0) is 9.53 Å². The van der Waals surface area contributed by atoms with Gasteiger partial charge in [-0.3, -0.25) is 4.79 Å². The van der Waals surface area contributed by atoms with E-state index in [2.05, 4.69) is 5.32 Å². The summed E-state index contributed by atoms with van der Waals surface area (Å²) in [5.74, 6) is 0.480. The number of nitrogens with one attached hydrogen (secondary N) is 1. The van der Waals surface area contributed by atoms with Crippen molar-refractivity contribution >= 4 is 5.91 Å². The molecule has 4 heteroatoms. The highest BCUT2D eigenvalue weighted by atomic mass is 16.5. The summed E-state index contributed by atoms with van der Waals surface area (Å²) in [6.45, 7) is 8.16. The van der Waals surface area contributed by atoms with Crippen LogP contribution >= 0.6 is 0 Å². The SMILES string of the molecule is CCOCC(CO)CCCCNC(=O)C(C)CC. The fourth-order valence-corrected chi connectivity index (χ4v) is 1.64. The lowest BCUT2D eigenvalue weighted by molar-refractivity contribution is -0.124. The first-order chi connectivity index (χ1) is 8.65. The van der Waals surface area contributed by atoms with Gasteiger partial charge in [-0.15, -0.1) is 0 Å². The summed E-state index contributed by atoms with van der Waals surface area (Å²) in [7, 11) is 0. The quantitative estimate of drug-likeness (QED) is 0.558. The highest BCUT2D eigenvalue weighted by Crippen LogP contribution is 2.08. The standard InChI is InChI=1S/C14H29NO3/c1-4-12(3)14(17)15-9-7-6-8-13(10-16)11-18-5-2/h12-13,16H,4-11H2,1-3H3,(H,15,17). The van der Waals surface area contributed by atoms with Crippen LogP contribution in [-0.4, -0.2) is 37.4 Å². The van der Waals surface area contributed by atoms with E-state index in [1.165, 1.54) is 0 Å². The van der Waals surface area contributed by atoms with Crippen LogP contribution in [0.4, 0.5) is 0 Å². The van der Waals surface area contributed by atoms with Gasteiger partial charge < -0.3 is 15.2 Å². The Balaban J connectivity index is 3.51. The predicted octanol–water partition coefficient (Wildman–Crippen LogP) is 1.96. The first kappa shape index (κ1) is 17.4. The second kappa shape index (κ2) is 11.5. The zero-order valence-electron chi connectivity index (χ0n) is 12.1. The molecule has 2 unspecified atom stereocenters. The Hall–Kier alpha value is -0.610. The molecule has 0 saturated heterocycles. The maximum atomic E-state index is 11.5. The molecular weight excluding hydrogens is 230 g/mol. The molecule has 108 valence electrons. The summed E-state index contributed by atoms with van der Waals surface area (Å²) in [5.41, 5.74) is 0. The van der Waals surface area contributed by atoms with Crippen LogP contribution in [0.2, 0.25) is 0 Å². The number of ether oxygens (including phenoxy) is 1. The second-order valence-corrected chi connectivity index (χ2v) is 4.80. The van der Waals surface area contributed by atoms with Crippen molar-refractivity contribution in [2.45, 2.75) is 46.5 Å². The zero-order valence-corrected chi connectivity index (χ0v) is 12.1. The minimum atomic E-state index is 0.105. The van der Waals surface area contributed by atoms with E-state index in [1.54, 1.807) is 0 Å². The van der Waals surface area contributed by atoms with E-state index >= 15 is 0 Å². The number of aliphatic hydroxyl groups is 1. The largest absolute Gasteiger partial charge is 0.396 e. The number of hydrogen-bond acceptors (Lipinski definition) is 3. The Morgan fingerprint density at radius 1 is 1.33 bits per heavy atom. The molecule has 1 amide bonds. The Morgan fingerprint density at radius 2 is 2.06 bits per heavy atom. The molecular formula is C14H29NO3. The van der Waals surface area contributed by atoms with Gasteiger partial charge in [-0.25, -0.2) is 0 Å². The van der Waals surface area contributed by atoms with Gasteiger partial charge in [0.1, 0.15) is 0 Å². The number of rotatable bonds is 11. The lowest BCUT2D eigenvalue weighted by Gasteiger charge is -2.14. The molecule has 2 atom stereocenters. The molecule has 0 saturated carbocycles. The summed E-state index contributed by atoms with van der Waals surface area (Å²) in [4.78, 5) is 11.5. The molecule has 0 fully saturated rings. The van der Waals surface area contributed by atoms with Gasteiger partial charge in [-0.2, -0.15) is 0 Å². The average molecular weight is 259 g/mol. The van der Waals surface area contributed by atoms with Crippen molar-refractivity contribution in [3.05, 3.63) is 0 Å². The summed E-state index contributed by atoms with van der Waals surface area (Å²) in [6, 6.07) is 0.